The fourth-order valence-corrected chi connectivity index (χ4v) is 1.97. The third kappa shape index (κ3) is 2.90. The number of hydrogen-bond donors (Lipinski definition) is 2. The van der Waals surface area contributed by atoms with Crippen molar-refractivity contribution < 1.29 is 13.9 Å². The number of ether oxygens (including phenoxy) is 1. The Hall–Kier alpha value is -2.50. The number of guanidine groups is 1. The van der Waals surface area contributed by atoms with E-state index in [0.717, 1.165) is 10.9 Å². The molecule has 0 radical (unpaired) electrons. The van der Waals surface area contributed by atoms with Crippen molar-refractivity contribution in [3.8, 4) is 5.75 Å². The van der Waals surface area contributed by atoms with E-state index in [1.807, 2.05) is 25.1 Å². The maximum absolute atomic E-state index is 10.9. The summed E-state index contributed by atoms with van der Waals surface area (Å²) in [7, 11) is 0. The van der Waals surface area contributed by atoms with Crippen molar-refractivity contribution in [2.75, 3.05) is 13.2 Å². The summed E-state index contributed by atoms with van der Waals surface area (Å²) < 4.78 is 11.2. The van der Waals surface area contributed by atoms with Gasteiger partial charge in [-0.3, -0.25) is 9.79 Å². The maximum atomic E-state index is 10.9. The van der Waals surface area contributed by atoms with Crippen molar-refractivity contribution in [1.29, 1.82) is 0 Å². The molecule has 0 fully saturated rings. The lowest BCUT2D eigenvalue weighted by atomic mass is 10.1. The molecule has 106 valence electrons. The molecule has 0 spiro atoms. The standard InChI is InChI=1S/C14H17N3O3/c1-9-12(8-18)20-11-5-2-4-10(13(9)11)19-7-3-6-17-14(15)16/h2,4-5,8H,3,6-7H2,1H3,(H4,15,16,17). The van der Waals surface area contributed by atoms with E-state index in [-0.39, 0.29) is 5.96 Å². The number of carbonyl (C=O) groups excluding carboxylic acids is 1. The summed E-state index contributed by atoms with van der Waals surface area (Å²) in [4.78, 5) is 14.8. The molecule has 0 bridgehead atoms. The van der Waals surface area contributed by atoms with Crippen LogP contribution in [0, 0.1) is 6.92 Å². The molecule has 0 saturated heterocycles. The number of hydrogen-bond acceptors (Lipinski definition) is 4. The van der Waals surface area contributed by atoms with Crippen LogP contribution in [0.2, 0.25) is 0 Å². The Labute approximate surface area is 116 Å². The number of aryl methyl sites for hydroxylation is 1. The number of aldehydes is 1. The van der Waals surface area contributed by atoms with Gasteiger partial charge in [-0.15, -0.1) is 0 Å². The highest BCUT2D eigenvalue weighted by Crippen LogP contribution is 2.32. The van der Waals surface area contributed by atoms with Crippen molar-refractivity contribution in [1.82, 2.24) is 0 Å². The summed E-state index contributed by atoms with van der Waals surface area (Å²) in [6, 6.07) is 5.48. The minimum Gasteiger partial charge on any atom is -0.493 e. The quantitative estimate of drug-likeness (QED) is 0.360. The SMILES string of the molecule is Cc1c(C=O)oc2cccc(OCCCN=C(N)N)c12. The molecule has 1 aromatic carbocycles. The lowest BCUT2D eigenvalue weighted by Gasteiger charge is -2.06. The number of nitrogens with zero attached hydrogens (tertiary/aromatic N) is 1. The average molecular weight is 275 g/mol. The monoisotopic (exact) mass is 275 g/mol. The first-order valence-electron chi connectivity index (χ1n) is 6.29. The van der Waals surface area contributed by atoms with Crippen molar-refractivity contribution in [2.24, 2.45) is 16.5 Å². The van der Waals surface area contributed by atoms with Gasteiger partial charge in [0.1, 0.15) is 11.3 Å². The van der Waals surface area contributed by atoms with Gasteiger partial charge in [0.05, 0.1) is 12.0 Å². The summed E-state index contributed by atoms with van der Waals surface area (Å²) in [5, 5.41) is 0.830. The molecule has 1 aromatic heterocycles. The van der Waals surface area contributed by atoms with Crippen molar-refractivity contribution in [3.63, 3.8) is 0 Å². The van der Waals surface area contributed by atoms with E-state index in [1.165, 1.54) is 0 Å². The molecule has 0 saturated carbocycles. The van der Waals surface area contributed by atoms with Crippen molar-refractivity contribution in [2.45, 2.75) is 13.3 Å². The minimum absolute atomic E-state index is 0.0772. The summed E-state index contributed by atoms with van der Waals surface area (Å²) in [6.45, 7) is 2.83. The molecule has 0 aliphatic carbocycles. The van der Waals surface area contributed by atoms with Crippen LogP contribution < -0.4 is 16.2 Å². The number of carbonyl (C=O) groups is 1. The lowest BCUT2D eigenvalue weighted by molar-refractivity contribution is 0.110. The van der Waals surface area contributed by atoms with Crippen molar-refractivity contribution >= 4 is 23.2 Å². The zero-order valence-electron chi connectivity index (χ0n) is 11.3. The van der Waals surface area contributed by atoms with Gasteiger partial charge in [-0.1, -0.05) is 6.07 Å². The van der Waals surface area contributed by atoms with E-state index in [1.54, 1.807) is 0 Å². The summed E-state index contributed by atoms with van der Waals surface area (Å²) in [5.74, 6) is 1.10. The number of fused-ring (bicyclic) bond motifs is 1. The highest BCUT2D eigenvalue weighted by molar-refractivity contribution is 5.93. The number of rotatable bonds is 6. The van der Waals surface area contributed by atoms with E-state index in [0.29, 0.717) is 43.0 Å². The largest absolute Gasteiger partial charge is 0.493 e. The van der Waals surface area contributed by atoms with Gasteiger partial charge in [0, 0.05) is 18.5 Å². The molecular weight excluding hydrogens is 258 g/mol. The lowest BCUT2D eigenvalue weighted by Crippen LogP contribution is -2.23. The second kappa shape index (κ2) is 6.10. The fourth-order valence-electron chi connectivity index (χ4n) is 1.97. The first kappa shape index (κ1) is 13.9. The smallest absolute Gasteiger partial charge is 0.185 e. The molecule has 0 aliphatic heterocycles. The topological polar surface area (TPSA) is 104 Å². The number of benzene rings is 1. The zero-order valence-corrected chi connectivity index (χ0v) is 11.3. The molecule has 1 heterocycles. The molecule has 4 N–H and O–H groups in total. The van der Waals surface area contributed by atoms with Gasteiger partial charge in [-0.05, 0) is 19.1 Å². The van der Waals surface area contributed by atoms with Gasteiger partial charge < -0.3 is 20.6 Å². The number of nitrogens with two attached hydrogens (primary N) is 2. The Kier molecular flexibility index (Phi) is 4.24. The number of furan rings is 1. The predicted molar refractivity (Wildman–Crippen MR) is 77.1 cm³/mol. The highest BCUT2D eigenvalue weighted by Gasteiger charge is 2.13. The van der Waals surface area contributed by atoms with Crippen LogP contribution in [0.3, 0.4) is 0 Å². The third-order valence-electron chi connectivity index (χ3n) is 2.91. The van der Waals surface area contributed by atoms with Crippen LogP contribution in [0.5, 0.6) is 5.75 Å². The maximum Gasteiger partial charge on any atom is 0.185 e. The second-order valence-electron chi connectivity index (χ2n) is 4.35. The Bertz CT molecular complexity index is 642. The predicted octanol–water partition coefficient (Wildman–Crippen LogP) is 1.60. The molecule has 20 heavy (non-hydrogen) atoms. The first-order valence-corrected chi connectivity index (χ1v) is 6.29. The second-order valence-corrected chi connectivity index (χ2v) is 4.35. The van der Waals surface area contributed by atoms with Crippen LogP contribution in [-0.4, -0.2) is 25.4 Å². The van der Waals surface area contributed by atoms with E-state index < -0.39 is 0 Å². The molecule has 2 rings (SSSR count). The van der Waals surface area contributed by atoms with E-state index in [9.17, 15) is 4.79 Å². The number of aliphatic imine (C=N–C) groups is 1. The van der Waals surface area contributed by atoms with Crippen LogP contribution >= 0.6 is 0 Å². The van der Waals surface area contributed by atoms with Crippen LogP contribution in [-0.2, 0) is 0 Å². The summed E-state index contributed by atoms with van der Waals surface area (Å²) in [6.07, 6.45) is 1.41. The Morgan fingerprint density at radius 3 is 2.95 bits per heavy atom. The molecule has 2 aromatic rings. The molecule has 6 heteroatoms. The highest BCUT2D eigenvalue weighted by atomic mass is 16.5. The van der Waals surface area contributed by atoms with Crippen LogP contribution in [0.15, 0.2) is 27.6 Å². The van der Waals surface area contributed by atoms with Crippen LogP contribution in [0.25, 0.3) is 11.0 Å². The van der Waals surface area contributed by atoms with Crippen LogP contribution in [0.4, 0.5) is 0 Å². The zero-order chi connectivity index (χ0) is 14.5. The van der Waals surface area contributed by atoms with Crippen LogP contribution in [0.1, 0.15) is 22.5 Å². The molecule has 0 amide bonds. The Morgan fingerprint density at radius 1 is 1.45 bits per heavy atom. The van der Waals surface area contributed by atoms with Gasteiger partial charge in [-0.25, -0.2) is 0 Å². The normalized spacial score (nSPS) is 10.4. The molecular formula is C14H17N3O3. The molecule has 0 aliphatic rings. The average Bonchev–Trinajstić information content (AvgIpc) is 2.75. The van der Waals surface area contributed by atoms with Gasteiger partial charge in [-0.2, -0.15) is 0 Å². The Balaban J connectivity index is 2.12. The molecule has 6 nitrogen and oxygen atoms in total. The first-order chi connectivity index (χ1) is 9.63. The van der Waals surface area contributed by atoms with Gasteiger partial charge in [0.15, 0.2) is 18.0 Å². The fraction of sp³-hybridized carbons (Fsp3) is 0.286. The molecule has 0 atom stereocenters. The Morgan fingerprint density at radius 2 is 2.25 bits per heavy atom. The van der Waals surface area contributed by atoms with Gasteiger partial charge in [0.25, 0.3) is 0 Å². The van der Waals surface area contributed by atoms with E-state index in [2.05, 4.69) is 4.99 Å². The van der Waals surface area contributed by atoms with E-state index >= 15 is 0 Å². The molecule has 0 unspecified atom stereocenters. The summed E-state index contributed by atoms with van der Waals surface area (Å²) in [5.41, 5.74) is 11.9. The minimum atomic E-state index is 0.0772. The van der Waals surface area contributed by atoms with E-state index in [4.69, 9.17) is 20.6 Å². The van der Waals surface area contributed by atoms with Crippen molar-refractivity contribution in [3.05, 3.63) is 29.5 Å². The summed E-state index contributed by atoms with van der Waals surface area (Å²) >= 11 is 0. The van der Waals surface area contributed by atoms with Gasteiger partial charge in [0.2, 0.25) is 0 Å². The van der Waals surface area contributed by atoms with Gasteiger partial charge >= 0.3 is 0 Å². The third-order valence-corrected chi connectivity index (χ3v) is 2.91.